The molecule has 57 heavy (non-hydrogen) atoms. The Morgan fingerprint density at radius 3 is 1.88 bits per heavy atom. The lowest BCUT2D eigenvalue weighted by Crippen LogP contribution is -2.30. The SMILES string of the molecule is Cc1cc(-c2nc3cncc(-c4cccc(CN5CCCC5Cc5cccnc5)c4)c3n2C)nn1C.O=C(O)C(F)(F)F.O=C(O)C(F)(F)F.O=C(O)C(F)(F)F. The van der Waals surface area contributed by atoms with Crippen LogP contribution >= 0.6 is 0 Å². The summed E-state index contributed by atoms with van der Waals surface area (Å²) in [6.45, 7) is 4.15. The first kappa shape index (κ1) is 45.3. The second-order valence-corrected chi connectivity index (χ2v) is 12.3. The lowest BCUT2D eigenvalue weighted by molar-refractivity contribution is -0.193. The topological polar surface area (TPSA) is 177 Å². The molecule has 0 saturated carbocycles. The van der Waals surface area contributed by atoms with E-state index in [0.717, 1.165) is 53.3 Å². The average molecular weight is 820 g/mol. The van der Waals surface area contributed by atoms with Gasteiger partial charge in [-0.1, -0.05) is 24.3 Å². The lowest BCUT2D eigenvalue weighted by atomic mass is 10.0. The Hall–Kier alpha value is -6.06. The maximum atomic E-state index is 10.6. The van der Waals surface area contributed by atoms with E-state index in [1.165, 1.54) is 29.5 Å². The third-order valence-electron chi connectivity index (χ3n) is 8.16. The van der Waals surface area contributed by atoms with Crippen LogP contribution in [0.3, 0.4) is 0 Å². The van der Waals surface area contributed by atoms with Gasteiger partial charge in [-0.25, -0.2) is 19.4 Å². The number of carboxylic acid groups (broad SMARTS) is 3. The van der Waals surface area contributed by atoms with Gasteiger partial charge in [-0.3, -0.25) is 19.5 Å². The van der Waals surface area contributed by atoms with Gasteiger partial charge in [0.2, 0.25) is 0 Å². The molecule has 3 N–H and O–H groups in total. The van der Waals surface area contributed by atoms with Gasteiger partial charge < -0.3 is 19.9 Å². The molecule has 1 aliphatic rings. The fourth-order valence-corrected chi connectivity index (χ4v) is 5.48. The van der Waals surface area contributed by atoms with Crippen molar-refractivity contribution < 1.29 is 69.2 Å². The highest BCUT2D eigenvalue weighted by molar-refractivity contribution is 5.93. The Balaban J connectivity index is 0.000000341. The molecule has 5 aromatic rings. The average Bonchev–Trinajstić information content (AvgIpc) is 3.81. The van der Waals surface area contributed by atoms with Crippen molar-refractivity contribution in [3.05, 3.63) is 84.1 Å². The second kappa shape index (κ2) is 18.7. The summed E-state index contributed by atoms with van der Waals surface area (Å²) in [5.41, 5.74) is 8.85. The predicted octanol–water partition coefficient (Wildman–Crippen LogP) is 6.85. The van der Waals surface area contributed by atoms with Gasteiger partial charge in [0, 0.05) is 56.5 Å². The number of hydrogen-bond donors (Lipinski definition) is 3. The summed E-state index contributed by atoms with van der Waals surface area (Å²) in [5, 5.41) is 26.0. The Morgan fingerprint density at radius 1 is 0.789 bits per heavy atom. The highest BCUT2D eigenvalue weighted by Crippen LogP contribution is 2.32. The van der Waals surface area contributed by atoms with Crippen molar-refractivity contribution in [2.75, 3.05) is 6.54 Å². The summed E-state index contributed by atoms with van der Waals surface area (Å²) in [4.78, 5) is 43.0. The molecule has 5 heterocycles. The Kier molecular flexibility index (Phi) is 14.9. The van der Waals surface area contributed by atoms with E-state index in [2.05, 4.69) is 74.9 Å². The molecule has 13 nitrogen and oxygen atoms in total. The number of hydrogen-bond acceptors (Lipinski definition) is 8. The fourth-order valence-electron chi connectivity index (χ4n) is 5.48. The van der Waals surface area contributed by atoms with Crippen molar-refractivity contribution in [3.8, 4) is 22.6 Å². The van der Waals surface area contributed by atoms with E-state index in [4.69, 9.17) is 34.7 Å². The van der Waals surface area contributed by atoms with Crippen molar-refractivity contribution in [2.24, 2.45) is 14.1 Å². The number of likely N-dealkylation sites (tertiary alicyclic amines) is 1. The molecule has 1 atom stereocenters. The van der Waals surface area contributed by atoms with Gasteiger partial charge in [0.15, 0.2) is 5.82 Å². The van der Waals surface area contributed by atoms with Gasteiger partial charge in [-0.2, -0.15) is 44.6 Å². The van der Waals surface area contributed by atoms with Gasteiger partial charge in [0.25, 0.3) is 0 Å². The third-order valence-corrected chi connectivity index (χ3v) is 8.16. The van der Waals surface area contributed by atoms with Crippen LogP contribution in [-0.4, -0.2) is 98.5 Å². The Morgan fingerprint density at radius 2 is 1.37 bits per heavy atom. The minimum atomic E-state index is -5.08. The van der Waals surface area contributed by atoms with Crippen LogP contribution in [0.5, 0.6) is 0 Å². The zero-order valence-corrected chi connectivity index (χ0v) is 30.1. The first-order valence-corrected chi connectivity index (χ1v) is 16.3. The molecule has 0 aliphatic carbocycles. The molecule has 1 unspecified atom stereocenters. The van der Waals surface area contributed by atoms with Crippen molar-refractivity contribution in [1.29, 1.82) is 0 Å². The molecule has 0 radical (unpaired) electrons. The van der Waals surface area contributed by atoms with Crippen LogP contribution in [-0.2, 0) is 41.4 Å². The summed E-state index contributed by atoms with van der Waals surface area (Å²) >= 11 is 0. The molecule has 22 heteroatoms. The van der Waals surface area contributed by atoms with Crippen molar-refractivity contribution >= 4 is 28.9 Å². The maximum absolute atomic E-state index is 10.6. The van der Waals surface area contributed by atoms with E-state index in [0.29, 0.717) is 6.04 Å². The first-order chi connectivity index (χ1) is 26.4. The number of pyridine rings is 2. The van der Waals surface area contributed by atoms with Gasteiger partial charge in [-0.05, 0) is 67.6 Å². The van der Waals surface area contributed by atoms with Crippen LogP contribution in [0.15, 0.2) is 67.3 Å². The fraction of sp³-hybridized carbons (Fsp3) is 0.343. The summed E-state index contributed by atoms with van der Waals surface area (Å²) in [5.74, 6) is -7.41. The minimum Gasteiger partial charge on any atom is -0.475 e. The summed E-state index contributed by atoms with van der Waals surface area (Å²) in [7, 11) is 4.02. The number of carbonyl (C=O) groups is 3. The number of halogens is 9. The van der Waals surface area contributed by atoms with E-state index < -0.39 is 36.4 Å². The normalized spacial score (nSPS) is 14.4. The summed E-state index contributed by atoms with van der Waals surface area (Å²) in [6, 6.07) is 15.7. The lowest BCUT2D eigenvalue weighted by Gasteiger charge is -2.25. The number of aromatic nitrogens is 6. The quantitative estimate of drug-likeness (QED) is 0.153. The van der Waals surface area contributed by atoms with Crippen LogP contribution in [0, 0.1) is 6.92 Å². The molecule has 0 bridgehead atoms. The van der Waals surface area contributed by atoms with Crippen LogP contribution in [0.4, 0.5) is 39.5 Å². The number of aryl methyl sites for hydroxylation is 3. The van der Waals surface area contributed by atoms with E-state index in [1.54, 1.807) is 0 Å². The number of aliphatic carboxylic acids is 3. The molecule has 1 aromatic carbocycles. The second-order valence-electron chi connectivity index (χ2n) is 12.3. The van der Waals surface area contributed by atoms with Gasteiger partial charge >= 0.3 is 36.4 Å². The molecule has 1 saturated heterocycles. The summed E-state index contributed by atoms with van der Waals surface area (Å²) < 4.78 is 99.2. The van der Waals surface area contributed by atoms with Crippen molar-refractivity contribution in [2.45, 2.75) is 57.3 Å². The number of alkyl halides is 9. The molecule has 1 fully saturated rings. The van der Waals surface area contributed by atoms with Crippen LogP contribution in [0.2, 0.25) is 0 Å². The van der Waals surface area contributed by atoms with E-state index >= 15 is 0 Å². The largest absolute Gasteiger partial charge is 0.490 e. The standard InChI is InChI=1S/C29H31N7.3C2HF3O2/c1-20-13-26(33-35(20)3)29-32-27-18-31-17-25(28(27)34(29)2)23-9-4-7-22(14-23)19-36-12-6-10-24(36)15-21-8-5-11-30-16-21;3*3-2(4,5)1(6)7/h4-5,7-9,11,13-14,16-18,24H,6,10,12,15,19H2,1-3H3;3*(H,6,7). The number of rotatable bonds is 6. The summed E-state index contributed by atoms with van der Waals surface area (Å²) in [6.07, 6.45) is -4.06. The number of fused-ring (bicyclic) bond motifs is 1. The predicted molar refractivity (Wildman–Crippen MR) is 183 cm³/mol. The van der Waals surface area contributed by atoms with E-state index in [1.807, 2.05) is 42.6 Å². The number of nitrogens with zero attached hydrogens (tertiary/aromatic N) is 7. The monoisotopic (exact) mass is 819 g/mol. The minimum absolute atomic E-state index is 0.560. The van der Waals surface area contributed by atoms with Crippen LogP contribution in [0.1, 0.15) is 29.7 Å². The number of benzene rings is 1. The molecule has 0 spiro atoms. The molecular weight excluding hydrogens is 785 g/mol. The van der Waals surface area contributed by atoms with Crippen molar-refractivity contribution in [1.82, 2.24) is 34.2 Å². The Labute approximate surface area is 317 Å². The Bertz CT molecular complexity index is 2070. The van der Waals surface area contributed by atoms with Gasteiger partial charge in [0.1, 0.15) is 11.2 Å². The molecule has 0 amide bonds. The highest BCUT2D eigenvalue weighted by Gasteiger charge is 2.39. The zero-order valence-electron chi connectivity index (χ0n) is 30.1. The third kappa shape index (κ3) is 13.0. The van der Waals surface area contributed by atoms with Crippen LogP contribution in [0.25, 0.3) is 33.7 Å². The molecule has 1 aliphatic heterocycles. The number of carboxylic acids is 3. The maximum Gasteiger partial charge on any atom is 0.490 e. The van der Waals surface area contributed by atoms with E-state index in [9.17, 15) is 39.5 Å². The first-order valence-electron chi connectivity index (χ1n) is 16.3. The smallest absolute Gasteiger partial charge is 0.475 e. The van der Waals surface area contributed by atoms with E-state index in [-0.39, 0.29) is 0 Å². The molecular formula is C35H34F9N7O6. The van der Waals surface area contributed by atoms with Crippen LogP contribution < -0.4 is 0 Å². The molecule has 308 valence electrons. The molecule has 6 rings (SSSR count). The van der Waals surface area contributed by atoms with Gasteiger partial charge in [-0.15, -0.1) is 0 Å². The number of imidazole rings is 1. The zero-order chi connectivity index (χ0) is 42.9. The van der Waals surface area contributed by atoms with Crippen molar-refractivity contribution in [3.63, 3.8) is 0 Å². The van der Waals surface area contributed by atoms with Gasteiger partial charge in [0.05, 0.1) is 11.7 Å². The highest BCUT2D eigenvalue weighted by atomic mass is 19.4. The molecule has 4 aromatic heterocycles.